The van der Waals surface area contributed by atoms with Crippen molar-refractivity contribution in [3.63, 3.8) is 0 Å². The van der Waals surface area contributed by atoms with Gasteiger partial charge in [-0.2, -0.15) is 0 Å². The molecule has 0 aromatic heterocycles. The predicted molar refractivity (Wildman–Crippen MR) is 77.5 cm³/mol. The maximum atomic E-state index is 11.1. The van der Waals surface area contributed by atoms with Crippen molar-refractivity contribution in [1.29, 1.82) is 0 Å². The normalized spacial score (nSPS) is 17.4. The average Bonchev–Trinajstić information content (AvgIpc) is 2.38. The second-order valence-electron chi connectivity index (χ2n) is 6.38. The first-order chi connectivity index (χ1) is 9.00. The molecule has 0 saturated heterocycles. The summed E-state index contributed by atoms with van der Waals surface area (Å²) in [6.07, 6.45) is 6.64. The summed E-state index contributed by atoms with van der Waals surface area (Å²) in [4.78, 5) is 11.1. The van der Waals surface area contributed by atoms with E-state index in [1.54, 1.807) is 0 Å². The largest absolute Gasteiger partial charge is 0.481 e. The van der Waals surface area contributed by atoms with Crippen molar-refractivity contribution in [2.45, 2.75) is 63.7 Å². The molecule has 0 atom stereocenters. The Labute approximate surface area is 115 Å². The van der Waals surface area contributed by atoms with E-state index < -0.39 is 5.97 Å². The molecule has 2 rings (SSSR count). The molecule has 2 heteroatoms. The van der Waals surface area contributed by atoms with Gasteiger partial charge in [0, 0.05) is 5.41 Å². The molecule has 1 aromatic rings. The zero-order chi connectivity index (χ0) is 13.9. The van der Waals surface area contributed by atoms with E-state index in [0.717, 1.165) is 0 Å². The van der Waals surface area contributed by atoms with Gasteiger partial charge in [0.2, 0.25) is 0 Å². The lowest BCUT2D eigenvalue weighted by atomic mass is 9.73. The lowest BCUT2D eigenvalue weighted by Gasteiger charge is -2.31. The Morgan fingerprint density at radius 2 is 1.84 bits per heavy atom. The van der Waals surface area contributed by atoms with Gasteiger partial charge in [-0.3, -0.25) is 4.79 Å². The fourth-order valence-corrected chi connectivity index (χ4v) is 3.36. The van der Waals surface area contributed by atoms with Gasteiger partial charge >= 0.3 is 5.97 Å². The molecule has 0 spiro atoms. The van der Waals surface area contributed by atoms with E-state index in [4.69, 9.17) is 5.11 Å². The first-order valence-electron chi connectivity index (χ1n) is 7.32. The monoisotopic (exact) mass is 260 g/mol. The second-order valence-corrected chi connectivity index (χ2v) is 6.38. The first kappa shape index (κ1) is 14.1. The first-order valence-corrected chi connectivity index (χ1v) is 7.32. The van der Waals surface area contributed by atoms with Gasteiger partial charge < -0.3 is 5.11 Å². The molecule has 1 aliphatic rings. The Morgan fingerprint density at radius 1 is 1.21 bits per heavy atom. The number of carbonyl (C=O) groups is 1. The Bertz CT molecular complexity index is 442. The summed E-state index contributed by atoms with van der Waals surface area (Å²) in [5, 5.41) is 9.11. The van der Waals surface area contributed by atoms with Crippen LogP contribution in [-0.2, 0) is 10.2 Å². The van der Waals surface area contributed by atoms with E-state index >= 15 is 0 Å². The van der Waals surface area contributed by atoms with Gasteiger partial charge in [-0.05, 0) is 29.9 Å². The third-order valence-corrected chi connectivity index (χ3v) is 4.33. The van der Waals surface area contributed by atoms with Gasteiger partial charge in [0.15, 0.2) is 0 Å². The lowest BCUT2D eigenvalue weighted by molar-refractivity contribution is -0.138. The number of benzene rings is 1. The summed E-state index contributed by atoms with van der Waals surface area (Å²) in [6.45, 7) is 4.09. The highest BCUT2D eigenvalue weighted by atomic mass is 16.4. The Hall–Kier alpha value is -1.31. The fourth-order valence-electron chi connectivity index (χ4n) is 3.36. The number of carboxylic acid groups (broad SMARTS) is 1. The zero-order valence-electron chi connectivity index (χ0n) is 12.0. The van der Waals surface area contributed by atoms with Crippen LogP contribution >= 0.6 is 0 Å². The molecule has 1 aromatic carbocycles. The van der Waals surface area contributed by atoms with E-state index in [9.17, 15) is 4.79 Å². The Morgan fingerprint density at radius 3 is 2.47 bits per heavy atom. The van der Waals surface area contributed by atoms with Crippen LogP contribution in [-0.4, -0.2) is 11.1 Å². The molecule has 0 unspecified atom stereocenters. The smallest absolute Gasteiger partial charge is 0.304 e. The maximum Gasteiger partial charge on any atom is 0.304 e. The van der Waals surface area contributed by atoms with Crippen molar-refractivity contribution in [3.05, 3.63) is 35.4 Å². The van der Waals surface area contributed by atoms with Crippen LogP contribution in [0.5, 0.6) is 0 Å². The van der Waals surface area contributed by atoms with Crippen LogP contribution in [0.4, 0.5) is 0 Å². The van der Waals surface area contributed by atoms with Crippen molar-refractivity contribution in [1.82, 2.24) is 0 Å². The molecule has 2 nitrogen and oxygen atoms in total. The van der Waals surface area contributed by atoms with E-state index in [-0.39, 0.29) is 11.8 Å². The van der Waals surface area contributed by atoms with Gasteiger partial charge in [-0.25, -0.2) is 0 Å². The third kappa shape index (κ3) is 3.37. The van der Waals surface area contributed by atoms with Crippen LogP contribution < -0.4 is 0 Å². The minimum Gasteiger partial charge on any atom is -0.481 e. The molecule has 0 amide bonds. The maximum absolute atomic E-state index is 11.1. The molecule has 1 saturated carbocycles. The van der Waals surface area contributed by atoms with Crippen LogP contribution in [0.2, 0.25) is 0 Å². The van der Waals surface area contributed by atoms with Crippen LogP contribution in [0.25, 0.3) is 0 Å². The number of carboxylic acids is 1. The van der Waals surface area contributed by atoms with E-state index in [1.807, 2.05) is 19.9 Å². The fraction of sp³-hybridized carbons (Fsp3) is 0.588. The van der Waals surface area contributed by atoms with E-state index in [2.05, 4.69) is 18.2 Å². The van der Waals surface area contributed by atoms with Gasteiger partial charge in [0.1, 0.15) is 0 Å². The molecule has 1 N–H and O–H groups in total. The molecule has 0 radical (unpaired) electrons. The topological polar surface area (TPSA) is 37.3 Å². The molecule has 1 fully saturated rings. The van der Waals surface area contributed by atoms with E-state index in [1.165, 1.54) is 43.2 Å². The van der Waals surface area contributed by atoms with Crippen molar-refractivity contribution >= 4 is 5.97 Å². The van der Waals surface area contributed by atoms with Crippen LogP contribution in [0.1, 0.15) is 69.4 Å². The molecular weight excluding hydrogens is 236 g/mol. The summed E-state index contributed by atoms with van der Waals surface area (Å²) in [5.41, 5.74) is 2.32. The number of rotatable bonds is 4. The van der Waals surface area contributed by atoms with Gasteiger partial charge in [-0.15, -0.1) is 0 Å². The SMILES string of the molecule is CC(C)(CC(=O)O)c1ccccc1C1CCCCC1. The van der Waals surface area contributed by atoms with Gasteiger partial charge in [0.05, 0.1) is 6.42 Å². The summed E-state index contributed by atoms with van der Waals surface area (Å²) < 4.78 is 0. The van der Waals surface area contributed by atoms with Crippen LogP contribution in [0.15, 0.2) is 24.3 Å². The summed E-state index contributed by atoms with van der Waals surface area (Å²) in [7, 11) is 0. The highest BCUT2D eigenvalue weighted by Crippen LogP contribution is 2.39. The molecule has 0 bridgehead atoms. The minimum absolute atomic E-state index is 0.191. The molecule has 19 heavy (non-hydrogen) atoms. The second kappa shape index (κ2) is 5.77. The molecular formula is C17H24O2. The third-order valence-electron chi connectivity index (χ3n) is 4.33. The Kier molecular flexibility index (Phi) is 4.28. The van der Waals surface area contributed by atoms with Crippen molar-refractivity contribution in [2.24, 2.45) is 0 Å². The van der Waals surface area contributed by atoms with Crippen molar-refractivity contribution < 1.29 is 9.90 Å². The van der Waals surface area contributed by atoms with Crippen LogP contribution in [0.3, 0.4) is 0 Å². The molecule has 0 aliphatic heterocycles. The number of hydrogen-bond donors (Lipinski definition) is 1. The summed E-state index contributed by atoms with van der Waals surface area (Å²) >= 11 is 0. The minimum atomic E-state index is -0.719. The standard InChI is InChI=1S/C17H24O2/c1-17(2,12-16(18)19)15-11-7-6-10-14(15)13-8-4-3-5-9-13/h6-7,10-11,13H,3-5,8-9,12H2,1-2H3,(H,18,19). The van der Waals surface area contributed by atoms with Gasteiger partial charge in [-0.1, -0.05) is 57.4 Å². The van der Waals surface area contributed by atoms with Crippen molar-refractivity contribution in [3.8, 4) is 0 Å². The molecule has 1 aliphatic carbocycles. The molecule has 104 valence electrons. The predicted octanol–water partition coefficient (Wildman–Crippen LogP) is 4.49. The average molecular weight is 260 g/mol. The van der Waals surface area contributed by atoms with E-state index in [0.29, 0.717) is 5.92 Å². The molecule has 0 heterocycles. The number of hydrogen-bond acceptors (Lipinski definition) is 1. The van der Waals surface area contributed by atoms with Crippen molar-refractivity contribution in [2.75, 3.05) is 0 Å². The quantitative estimate of drug-likeness (QED) is 0.866. The summed E-state index contributed by atoms with van der Waals surface area (Å²) in [6, 6.07) is 8.44. The number of aliphatic carboxylic acids is 1. The van der Waals surface area contributed by atoms with Crippen LogP contribution in [0, 0.1) is 0 Å². The zero-order valence-corrected chi connectivity index (χ0v) is 12.0. The highest BCUT2D eigenvalue weighted by Gasteiger charge is 2.29. The highest BCUT2D eigenvalue weighted by molar-refractivity contribution is 5.69. The Balaban J connectivity index is 2.31. The summed E-state index contributed by atoms with van der Waals surface area (Å²) in [5.74, 6) is -0.0959. The lowest BCUT2D eigenvalue weighted by Crippen LogP contribution is -2.24. The van der Waals surface area contributed by atoms with Gasteiger partial charge in [0.25, 0.3) is 0 Å².